The molecule has 238 valence electrons. The number of anilines is 2. The van der Waals surface area contributed by atoms with Gasteiger partial charge in [-0.2, -0.15) is 13.2 Å². The van der Waals surface area contributed by atoms with Crippen LogP contribution in [-0.2, 0) is 11.3 Å². The summed E-state index contributed by atoms with van der Waals surface area (Å²) >= 11 is 0. The minimum absolute atomic E-state index is 0.0443. The first-order chi connectivity index (χ1) is 21.1. The second-order valence-electron chi connectivity index (χ2n) is 10.8. The normalized spacial score (nSPS) is 16.8. The van der Waals surface area contributed by atoms with E-state index in [9.17, 15) is 22.4 Å². The predicted molar refractivity (Wildman–Crippen MR) is 164 cm³/mol. The number of hydrogen-bond donors (Lipinski definition) is 3. The summed E-state index contributed by atoms with van der Waals surface area (Å²) in [6, 6.07) is 12.2. The molecule has 0 spiro atoms. The third-order valence-corrected chi connectivity index (χ3v) is 7.88. The number of nitrogens with zero attached hydrogens (tertiary/aromatic N) is 2. The first kappa shape index (κ1) is 33.0. The maximum atomic E-state index is 13.6. The van der Waals surface area contributed by atoms with Crippen LogP contribution in [-0.4, -0.2) is 81.4 Å². The number of hydrogen-bond acceptors (Lipinski definition) is 6. The third kappa shape index (κ3) is 8.57. The number of alkyl halides is 4. The lowest BCUT2D eigenvalue weighted by molar-refractivity contribution is -0.140. The number of ether oxygens (including phenoxy) is 2. The molecule has 1 aliphatic rings. The van der Waals surface area contributed by atoms with Gasteiger partial charge >= 0.3 is 6.18 Å². The van der Waals surface area contributed by atoms with Crippen molar-refractivity contribution in [3.8, 4) is 17.6 Å². The Morgan fingerprint density at radius 3 is 2.57 bits per heavy atom. The Balaban J connectivity index is 1.52. The number of aromatic nitrogens is 1. The van der Waals surface area contributed by atoms with Crippen LogP contribution in [0.2, 0.25) is 0 Å². The smallest absolute Gasteiger partial charge is 0.406 e. The third-order valence-electron chi connectivity index (χ3n) is 7.88. The van der Waals surface area contributed by atoms with E-state index in [-0.39, 0.29) is 35.5 Å². The average Bonchev–Trinajstić information content (AvgIpc) is 3.35. The van der Waals surface area contributed by atoms with Crippen molar-refractivity contribution in [1.82, 2.24) is 14.8 Å². The molecule has 3 N–H and O–H groups in total. The summed E-state index contributed by atoms with van der Waals surface area (Å²) < 4.78 is 65.3. The molecule has 4 rings (SSSR count). The second kappa shape index (κ2) is 15.2. The highest BCUT2D eigenvalue weighted by Gasteiger charge is 2.30. The Morgan fingerprint density at radius 1 is 1.11 bits per heavy atom. The largest absolute Gasteiger partial charge is 0.461 e. The summed E-state index contributed by atoms with van der Waals surface area (Å²) in [7, 11) is 5.29. The molecule has 0 saturated heterocycles. The van der Waals surface area contributed by atoms with Gasteiger partial charge in [-0.05, 0) is 75.0 Å². The van der Waals surface area contributed by atoms with E-state index in [1.54, 1.807) is 37.4 Å². The maximum Gasteiger partial charge on any atom is 0.406 e. The van der Waals surface area contributed by atoms with Gasteiger partial charge in [-0.1, -0.05) is 12.0 Å². The lowest BCUT2D eigenvalue weighted by atomic mass is 9.90. The van der Waals surface area contributed by atoms with Crippen molar-refractivity contribution in [2.75, 3.05) is 58.4 Å². The number of rotatable bonds is 12. The molecule has 2 aromatic carbocycles. The summed E-state index contributed by atoms with van der Waals surface area (Å²) in [6.45, 7) is -0.665. The summed E-state index contributed by atoms with van der Waals surface area (Å²) in [4.78, 5) is 14.2. The first-order valence-corrected chi connectivity index (χ1v) is 14.6. The average molecular weight is 618 g/mol. The Morgan fingerprint density at radius 2 is 1.89 bits per heavy atom. The molecule has 0 atom stereocenters. The van der Waals surface area contributed by atoms with Gasteiger partial charge in [0.1, 0.15) is 12.3 Å². The van der Waals surface area contributed by atoms with Crippen LogP contribution < -0.4 is 20.7 Å². The molecule has 1 aliphatic carbocycles. The van der Waals surface area contributed by atoms with E-state index < -0.39 is 19.6 Å². The molecule has 1 fully saturated rings. The van der Waals surface area contributed by atoms with Crippen molar-refractivity contribution < 1.29 is 31.8 Å². The van der Waals surface area contributed by atoms with Gasteiger partial charge < -0.3 is 34.9 Å². The van der Waals surface area contributed by atoms with Crippen LogP contribution in [0.3, 0.4) is 0 Å². The fraction of sp³-hybridized carbons (Fsp3) is 0.469. The summed E-state index contributed by atoms with van der Waals surface area (Å²) in [5, 5.41) is 9.74. The highest BCUT2D eigenvalue weighted by molar-refractivity contribution is 5.95. The fourth-order valence-electron chi connectivity index (χ4n) is 5.57. The molecule has 1 aromatic heterocycles. The zero-order chi connectivity index (χ0) is 31.7. The van der Waals surface area contributed by atoms with Gasteiger partial charge in [0.2, 0.25) is 6.86 Å². The van der Waals surface area contributed by atoms with Gasteiger partial charge in [0.05, 0.1) is 30.0 Å². The van der Waals surface area contributed by atoms with Crippen molar-refractivity contribution in [2.24, 2.45) is 0 Å². The van der Waals surface area contributed by atoms with Crippen molar-refractivity contribution in [3.63, 3.8) is 0 Å². The van der Waals surface area contributed by atoms with Crippen LogP contribution in [0.4, 0.5) is 28.9 Å². The Hall–Kier alpha value is -3.95. The molecule has 0 unspecified atom stereocenters. The van der Waals surface area contributed by atoms with Gasteiger partial charge in [-0.25, -0.2) is 4.39 Å². The Kier molecular flexibility index (Phi) is 11.4. The van der Waals surface area contributed by atoms with Gasteiger partial charge in [0.15, 0.2) is 0 Å². The summed E-state index contributed by atoms with van der Waals surface area (Å²) in [5.74, 6) is 5.52. The number of nitrogens with one attached hydrogen (secondary N) is 3. The molecule has 8 nitrogen and oxygen atoms in total. The number of benzene rings is 2. The molecule has 1 heterocycles. The number of carbonyl (C=O) groups excluding carboxylic acids is 1. The summed E-state index contributed by atoms with van der Waals surface area (Å²) in [6.07, 6.45) is -0.475. The van der Waals surface area contributed by atoms with Crippen molar-refractivity contribution >= 4 is 28.2 Å². The standard InChI is InChI=1S/C32H39F4N5O3/c1-37-31(42)22-9-14-28(30(18-22)44-21-33)38-15-5-6-25-19-26-27(7-4-8-29(26)41(25)20-32(34,35)36)39-23-10-12-24(13-11-23)40(2)16-17-43-3/h4,7-9,14,18-19,23-24,38-39H,10-13,15-17,20-21H2,1-3H3,(H,37,42)/t23-,24+. The Bertz CT molecular complexity index is 1470. The van der Waals surface area contributed by atoms with Crippen LogP contribution >= 0.6 is 0 Å². The van der Waals surface area contributed by atoms with E-state index in [2.05, 4.69) is 39.7 Å². The van der Waals surface area contributed by atoms with E-state index >= 15 is 0 Å². The topological polar surface area (TPSA) is 79.8 Å². The van der Waals surface area contributed by atoms with E-state index in [1.165, 1.54) is 17.7 Å². The monoisotopic (exact) mass is 617 g/mol. The van der Waals surface area contributed by atoms with Gasteiger partial charge in [0.25, 0.3) is 5.91 Å². The zero-order valence-electron chi connectivity index (χ0n) is 25.2. The van der Waals surface area contributed by atoms with Crippen LogP contribution in [0.5, 0.6) is 5.75 Å². The van der Waals surface area contributed by atoms with Gasteiger partial charge in [-0.15, -0.1) is 0 Å². The lowest BCUT2D eigenvalue weighted by Crippen LogP contribution is -2.39. The fourth-order valence-corrected chi connectivity index (χ4v) is 5.57. The minimum atomic E-state index is -4.44. The molecule has 12 heteroatoms. The van der Waals surface area contributed by atoms with Crippen LogP contribution in [0.1, 0.15) is 41.7 Å². The second-order valence-corrected chi connectivity index (χ2v) is 10.8. The molecule has 1 saturated carbocycles. The molecule has 3 aromatic rings. The van der Waals surface area contributed by atoms with Gasteiger partial charge in [0, 0.05) is 49.4 Å². The van der Waals surface area contributed by atoms with Crippen LogP contribution in [0, 0.1) is 11.8 Å². The molecule has 0 bridgehead atoms. The van der Waals surface area contributed by atoms with Gasteiger partial charge in [-0.3, -0.25) is 4.79 Å². The van der Waals surface area contributed by atoms with Crippen molar-refractivity contribution in [1.29, 1.82) is 0 Å². The highest BCUT2D eigenvalue weighted by atomic mass is 19.4. The predicted octanol–water partition coefficient (Wildman–Crippen LogP) is 5.63. The number of fused-ring (bicyclic) bond motifs is 1. The molecule has 0 aliphatic heterocycles. The van der Waals surface area contributed by atoms with Crippen molar-refractivity contribution in [2.45, 2.75) is 50.5 Å². The SMILES string of the molecule is CNC(=O)c1ccc(NCC#Cc2cc3c(N[C@H]4CC[C@@H](N(C)CCOC)CC4)cccc3n2CC(F)(F)F)c(OCF)c1. The Labute approximate surface area is 255 Å². The number of amides is 1. The summed E-state index contributed by atoms with van der Waals surface area (Å²) in [5.41, 5.74) is 2.14. The van der Waals surface area contributed by atoms with Crippen molar-refractivity contribution in [3.05, 3.63) is 53.7 Å². The lowest BCUT2D eigenvalue weighted by Gasteiger charge is -2.35. The maximum absolute atomic E-state index is 13.6. The zero-order valence-corrected chi connectivity index (χ0v) is 25.2. The van der Waals surface area contributed by atoms with Crippen LogP contribution in [0.25, 0.3) is 10.9 Å². The number of carbonyl (C=O) groups is 1. The van der Waals surface area contributed by atoms with E-state index in [4.69, 9.17) is 9.47 Å². The number of likely N-dealkylation sites (N-methyl/N-ethyl adjacent to an activating group) is 1. The van der Waals surface area contributed by atoms with E-state index in [1.807, 2.05) is 6.07 Å². The molecule has 1 amide bonds. The highest BCUT2D eigenvalue weighted by Crippen LogP contribution is 2.33. The molecular weight excluding hydrogens is 578 g/mol. The molecular formula is C32H39F4N5O3. The first-order valence-electron chi connectivity index (χ1n) is 14.6. The molecule has 44 heavy (non-hydrogen) atoms. The molecule has 0 radical (unpaired) electrons. The quantitative estimate of drug-likeness (QED) is 0.181. The number of methoxy groups -OCH3 is 1. The van der Waals surface area contributed by atoms with E-state index in [0.717, 1.165) is 37.9 Å². The number of halogens is 4. The minimum Gasteiger partial charge on any atom is -0.461 e. The van der Waals surface area contributed by atoms with Crippen LogP contribution in [0.15, 0.2) is 42.5 Å². The van der Waals surface area contributed by atoms with E-state index in [0.29, 0.717) is 29.2 Å².